The molecule has 2 aromatic carbocycles. The third-order valence-corrected chi connectivity index (χ3v) is 4.85. The molecule has 1 atom stereocenters. The molecule has 2 aromatic rings. The Morgan fingerprint density at radius 3 is 2.48 bits per heavy atom. The number of amides is 2. The summed E-state index contributed by atoms with van der Waals surface area (Å²) in [6.07, 6.45) is 0. The van der Waals surface area contributed by atoms with Gasteiger partial charge in [0, 0.05) is 25.3 Å². The molecule has 0 aliphatic carbocycles. The number of quaternary nitrogens is 1. The van der Waals surface area contributed by atoms with Gasteiger partial charge >= 0.3 is 0 Å². The fraction of sp³-hybridized carbons (Fsp3) is 0.364. The minimum atomic E-state index is -0.181. The molecule has 2 amide bonds. The maximum absolute atomic E-state index is 12.2. The second-order valence-corrected chi connectivity index (χ2v) is 7.51. The van der Waals surface area contributed by atoms with Gasteiger partial charge in [-0.3, -0.25) is 9.59 Å². The smallest absolute Gasteiger partial charge is 0.279 e. The SMILES string of the molecule is CCN(CCNC(=O)C[NH+](C)CC(=O)Nc1ccccc1Cl)c1cccc(C)c1. The Kier molecular flexibility index (Phi) is 8.96. The van der Waals surface area contributed by atoms with E-state index in [0.717, 1.165) is 23.7 Å². The molecular formula is C22H30ClN4O2+. The van der Waals surface area contributed by atoms with Crippen molar-refractivity contribution in [3.8, 4) is 0 Å². The summed E-state index contributed by atoms with van der Waals surface area (Å²) in [7, 11) is 1.82. The fourth-order valence-corrected chi connectivity index (χ4v) is 3.24. The van der Waals surface area contributed by atoms with Gasteiger partial charge in [-0.05, 0) is 43.7 Å². The molecule has 0 heterocycles. The summed E-state index contributed by atoms with van der Waals surface area (Å²) in [5.41, 5.74) is 2.94. The quantitative estimate of drug-likeness (QED) is 0.551. The number of halogens is 1. The predicted octanol–water partition coefficient (Wildman–Crippen LogP) is 1.74. The van der Waals surface area contributed by atoms with Gasteiger partial charge in [-0.2, -0.15) is 0 Å². The fourth-order valence-electron chi connectivity index (χ4n) is 3.05. The van der Waals surface area contributed by atoms with Crippen LogP contribution in [0.15, 0.2) is 48.5 Å². The monoisotopic (exact) mass is 417 g/mol. The Morgan fingerprint density at radius 1 is 1.07 bits per heavy atom. The van der Waals surface area contributed by atoms with E-state index in [1.54, 1.807) is 18.2 Å². The van der Waals surface area contributed by atoms with Crippen molar-refractivity contribution < 1.29 is 14.5 Å². The number of para-hydroxylation sites is 1. The third-order valence-electron chi connectivity index (χ3n) is 4.53. The van der Waals surface area contributed by atoms with Gasteiger partial charge in [0.2, 0.25) is 0 Å². The Morgan fingerprint density at radius 2 is 1.79 bits per heavy atom. The number of benzene rings is 2. The molecule has 0 saturated heterocycles. The number of anilines is 2. The summed E-state index contributed by atoms with van der Waals surface area (Å²) in [5, 5.41) is 6.20. The van der Waals surface area contributed by atoms with E-state index in [2.05, 4.69) is 47.6 Å². The molecule has 0 saturated carbocycles. The van der Waals surface area contributed by atoms with Gasteiger partial charge in [0.05, 0.1) is 17.8 Å². The number of carbonyl (C=O) groups excluding carboxylic acids is 2. The molecule has 0 fully saturated rings. The highest BCUT2D eigenvalue weighted by molar-refractivity contribution is 6.33. The number of hydrogen-bond acceptors (Lipinski definition) is 3. The Balaban J connectivity index is 1.72. The minimum Gasteiger partial charge on any atom is -0.370 e. The van der Waals surface area contributed by atoms with Crippen LogP contribution in [0, 0.1) is 6.92 Å². The van der Waals surface area contributed by atoms with Crippen LogP contribution in [-0.4, -0.2) is 51.6 Å². The Hall–Kier alpha value is -2.57. The van der Waals surface area contributed by atoms with E-state index in [4.69, 9.17) is 11.6 Å². The number of hydrogen-bond donors (Lipinski definition) is 3. The molecule has 156 valence electrons. The molecule has 0 aliphatic heterocycles. The summed E-state index contributed by atoms with van der Waals surface area (Å²) in [4.78, 5) is 27.4. The molecule has 2 rings (SSSR count). The van der Waals surface area contributed by atoms with Crippen molar-refractivity contribution in [3.05, 3.63) is 59.1 Å². The summed E-state index contributed by atoms with van der Waals surface area (Å²) in [6.45, 7) is 6.74. The first-order chi connectivity index (χ1) is 13.9. The molecule has 3 N–H and O–H groups in total. The van der Waals surface area contributed by atoms with Gasteiger partial charge in [0.15, 0.2) is 13.1 Å². The van der Waals surface area contributed by atoms with Crippen LogP contribution in [0.25, 0.3) is 0 Å². The number of rotatable bonds is 10. The number of likely N-dealkylation sites (N-methyl/N-ethyl adjacent to an activating group) is 2. The highest BCUT2D eigenvalue weighted by Gasteiger charge is 2.15. The van der Waals surface area contributed by atoms with Crippen LogP contribution in [0.5, 0.6) is 0 Å². The van der Waals surface area contributed by atoms with Crippen LogP contribution in [0.1, 0.15) is 12.5 Å². The molecule has 0 aliphatic rings. The zero-order valence-electron chi connectivity index (χ0n) is 17.3. The first-order valence-electron chi connectivity index (χ1n) is 9.83. The van der Waals surface area contributed by atoms with Crippen LogP contribution >= 0.6 is 11.6 Å². The average molecular weight is 418 g/mol. The van der Waals surface area contributed by atoms with Crippen LogP contribution < -0.4 is 20.4 Å². The molecule has 1 unspecified atom stereocenters. The normalized spacial score (nSPS) is 11.6. The van der Waals surface area contributed by atoms with Crippen molar-refractivity contribution in [3.63, 3.8) is 0 Å². The summed E-state index contributed by atoms with van der Waals surface area (Å²) < 4.78 is 0. The van der Waals surface area contributed by atoms with Crippen LogP contribution in [-0.2, 0) is 9.59 Å². The summed E-state index contributed by atoms with van der Waals surface area (Å²) >= 11 is 6.05. The second-order valence-electron chi connectivity index (χ2n) is 7.11. The summed E-state index contributed by atoms with van der Waals surface area (Å²) in [6, 6.07) is 15.4. The van der Waals surface area contributed by atoms with Crippen molar-refractivity contribution in [2.24, 2.45) is 0 Å². The van der Waals surface area contributed by atoms with E-state index in [1.807, 2.05) is 19.2 Å². The first-order valence-corrected chi connectivity index (χ1v) is 10.2. The number of carbonyl (C=O) groups is 2. The van der Waals surface area contributed by atoms with Crippen molar-refractivity contribution in [2.75, 3.05) is 50.0 Å². The van der Waals surface area contributed by atoms with Gasteiger partial charge in [-0.25, -0.2) is 0 Å². The molecule has 0 bridgehead atoms. The van der Waals surface area contributed by atoms with Gasteiger partial charge in [-0.1, -0.05) is 35.9 Å². The van der Waals surface area contributed by atoms with Crippen molar-refractivity contribution in [1.82, 2.24) is 5.32 Å². The van der Waals surface area contributed by atoms with E-state index in [0.29, 0.717) is 17.3 Å². The second kappa shape index (κ2) is 11.4. The maximum Gasteiger partial charge on any atom is 0.279 e. The van der Waals surface area contributed by atoms with E-state index < -0.39 is 0 Å². The molecule has 29 heavy (non-hydrogen) atoms. The minimum absolute atomic E-state index is 0.0756. The first kappa shape index (κ1) is 22.7. The van der Waals surface area contributed by atoms with Gasteiger partial charge in [0.1, 0.15) is 0 Å². The standard InChI is InChI=1S/C22H29ClN4O2/c1-4-27(18-9-7-8-17(2)14-18)13-12-24-21(28)15-26(3)16-22(29)25-20-11-6-5-10-19(20)23/h5-11,14H,4,12-13,15-16H2,1-3H3,(H,24,28)(H,25,29)/p+1. The van der Waals surface area contributed by atoms with Crippen LogP contribution in [0.3, 0.4) is 0 Å². The van der Waals surface area contributed by atoms with Crippen molar-refractivity contribution in [1.29, 1.82) is 0 Å². The Labute approximate surface area is 177 Å². The number of nitrogens with zero attached hydrogens (tertiary/aromatic N) is 1. The third kappa shape index (κ3) is 7.75. The highest BCUT2D eigenvalue weighted by Crippen LogP contribution is 2.19. The molecule has 7 heteroatoms. The van der Waals surface area contributed by atoms with E-state index >= 15 is 0 Å². The van der Waals surface area contributed by atoms with Crippen LogP contribution in [0.2, 0.25) is 5.02 Å². The average Bonchev–Trinajstić information content (AvgIpc) is 2.67. The van der Waals surface area contributed by atoms with E-state index in [-0.39, 0.29) is 24.9 Å². The number of nitrogens with one attached hydrogen (secondary N) is 3. The van der Waals surface area contributed by atoms with Crippen molar-refractivity contribution >= 4 is 34.8 Å². The predicted molar refractivity (Wildman–Crippen MR) is 119 cm³/mol. The lowest BCUT2D eigenvalue weighted by molar-refractivity contribution is -0.862. The van der Waals surface area contributed by atoms with Crippen molar-refractivity contribution in [2.45, 2.75) is 13.8 Å². The zero-order valence-corrected chi connectivity index (χ0v) is 18.1. The summed E-state index contributed by atoms with van der Waals surface area (Å²) in [5.74, 6) is -0.256. The Bertz CT molecular complexity index is 828. The molecule has 0 aromatic heterocycles. The molecule has 0 spiro atoms. The lowest BCUT2D eigenvalue weighted by Gasteiger charge is -2.23. The molecule has 6 nitrogen and oxygen atoms in total. The number of aryl methyl sites for hydroxylation is 1. The lowest BCUT2D eigenvalue weighted by Crippen LogP contribution is -3.11. The topological polar surface area (TPSA) is 65.9 Å². The van der Waals surface area contributed by atoms with Gasteiger partial charge < -0.3 is 20.4 Å². The van der Waals surface area contributed by atoms with E-state index in [9.17, 15) is 9.59 Å². The van der Waals surface area contributed by atoms with Crippen LogP contribution in [0.4, 0.5) is 11.4 Å². The highest BCUT2D eigenvalue weighted by atomic mass is 35.5. The maximum atomic E-state index is 12.2. The molecule has 0 radical (unpaired) electrons. The van der Waals surface area contributed by atoms with Gasteiger partial charge in [-0.15, -0.1) is 0 Å². The zero-order chi connectivity index (χ0) is 21.2. The largest absolute Gasteiger partial charge is 0.370 e. The molecular weight excluding hydrogens is 388 g/mol. The van der Waals surface area contributed by atoms with Gasteiger partial charge in [0.25, 0.3) is 11.8 Å². The lowest BCUT2D eigenvalue weighted by atomic mass is 10.2. The van der Waals surface area contributed by atoms with E-state index in [1.165, 1.54) is 5.56 Å².